The number of halogens is 1. The number of rotatable bonds is 7. The lowest BCUT2D eigenvalue weighted by atomic mass is 10.2. The fraction of sp³-hybridized carbons (Fsp3) is 0.0435. The summed E-state index contributed by atoms with van der Waals surface area (Å²) in [5.74, 6) is -0.350. The highest BCUT2D eigenvalue weighted by Crippen LogP contribution is 2.22. The maximum Gasteiger partial charge on any atom is 0.331 e. The van der Waals surface area contributed by atoms with E-state index in [0.29, 0.717) is 17.2 Å². The van der Waals surface area contributed by atoms with Crippen LogP contribution in [0.2, 0.25) is 0 Å². The van der Waals surface area contributed by atoms with Crippen LogP contribution in [0.1, 0.15) is 5.56 Å². The highest BCUT2D eigenvalue weighted by atomic mass is 19.1. The molecule has 0 saturated carbocycles. The molecule has 1 amide bonds. The summed E-state index contributed by atoms with van der Waals surface area (Å²) in [6.45, 7) is -0.456. The molecule has 3 rings (SSSR count). The van der Waals surface area contributed by atoms with E-state index in [2.05, 4.69) is 5.32 Å². The molecule has 0 aliphatic rings. The number of amides is 1. The molecule has 3 aromatic rings. The van der Waals surface area contributed by atoms with Gasteiger partial charge in [-0.15, -0.1) is 0 Å². The Kier molecular flexibility index (Phi) is 6.73. The Hall–Kier alpha value is -3.93. The minimum absolute atomic E-state index is 0.256. The Labute approximate surface area is 167 Å². The van der Waals surface area contributed by atoms with Crippen LogP contribution >= 0.6 is 0 Å². The molecule has 0 heterocycles. The van der Waals surface area contributed by atoms with Gasteiger partial charge in [0.25, 0.3) is 5.91 Å². The van der Waals surface area contributed by atoms with Gasteiger partial charge in [-0.25, -0.2) is 9.18 Å². The Morgan fingerprint density at radius 3 is 2.24 bits per heavy atom. The number of carbonyl (C=O) groups is 2. The van der Waals surface area contributed by atoms with Crippen LogP contribution in [0.4, 0.5) is 10.1 Å². The minimum atomic E-state index is -0.741. The lowest BCUT2D eigenvalue weighted by molar-refractivity contribution is -0.142. The summed E-state index contributed by atoms with van der Waals surface area (Å²) in [4.78, 5) is 23.6. The van der Waals surface area contributed by atoms with Crippen LogP contribution in [0, 0.1) is 5.82 Å². The van der Waals surface area contributed by atoms with Gasteiger partial charge in [0.2, 0.25) is 0 Å². The number of benzene rings is 3. The van der Waals surface area contributed by atoms with Gasteiger partial charge in [0, 0.05) is 17.3 Å². The van der Waals surface area contributed by atoms with Crippen molar-refractivity contribution in [3.05, 3.63) is 96.3 Å². The monoisotopic (exact) mass is 391 g/mol. The molecule has 6 heteroatoms. The van der Waals surface area contributed by atoms with Crippen molar-refractivity contribution in [1.29, 1.82) is 0 Å². The molecule has 0 unspecified atom stereocenters. The minimum Gasteiger partial charge on any atom is -0.457 e. The summed E-state index contributed by atoms with van der Waals surface area (Å²) in [6, 6.07) is 22.1. The van der Waals surface area contributed by atoms with Gasteiger partial charge in [-0.1, -0.05) is 36.4 Å². The second-order valence-electron chi connectivity index (χ2n) is 5.95. The van der Waals surface area contributed by atoms with Crippen molar-refractivity contribution < 1.29 is 23.5 Å². The van der Waals surface area contributed by atoms with Crippen molar-refractivity contribution in [1.82, 2.24) is 0 Å². The van der Waals surface area contributed by atoms with Gasteiger partial charge in [-0.3, -0.25) is 4.79 Å². The van der Waals surface area contributed by atoms with Gasteiger partial charge in [-0.2, -0.15) is 0 Å². The van der Waals surface area contributed by atoms with Crippen LogP contribution in [-0.4, -0.2) is 18.5 Å². The maximum atomic E-state index is 13.5. The van der Waals surface area contributed by atoms with Crippen LogP contribution in [-0.2, 0) is 14.3 Å². The second kappa shape index (κ2) is 9.85. The first-order valence-corrected chi connectivity index (χ1v) is 8.82. The first-order valence-electron chi connectivity index (χ1n) is 8.82. The summed E-state index contributed by atoms with van der Waals surface area (Å²) < 4.78 is 24.0. The molecule has 0 aliphatic carbocycles. The SMILES string of the molecule is O=C(COC(=O)/C=C/c1ccccc1F)Nc1ccc(Oc2ccccc2)cc1. The van der Waals surface area contributed by atoms with Crippen LogP contribution in [0.3, 0.4) is 0 Å². The topological polar surface area (TPSA) is 64.6 Å². The standard InChI is InChI=1S/C23H18FNO4/c24-21-9-5-4-6-17(21)10-15-23(27)28-16-22(26)25-18-11-13-20(14-12-18)29-19-7-2-1-3-8-19/h1-15H,16H2,(H,25,26)/b15-10+. The number of ether oxygens (including phenoxy) is 2. The van der Waals surface area contributed by atoms with Crippen molar-refractivity contribution in [2.45, 2.75) is 0 Å². The van der Waals surface area contributed by atoms with Gasteiger partial charge >= 0.3 is 5.97 Å². The van der Waals surface area contributed by atoms with Gasteiger partial charge in [0.1, 0.15) is 17.3 Å². The Morgan fingerprint density at radius 1 is 0.862 bits per heavy atom. The third-order valence-corrected chi connectivity index (χ3v) is 3.77. The molecule has 0 aliphatic heterocycles. The summed E-state index contributed by atoms with van der Waals surface area (Å²) in [6.07, 6.45) is 2.36. The molecule has 0 fully saturated rings. The third-order valence-electron chi connectivity index (χ3n) is 3.77. The van der Waals surface area contributed by atoms with E-state index in [4.69, 9.17) is 9.47 Å². The van der Waals surface area contributed by atoms with E-state index in [1.165, 1.54) is 18.2 Å². The molecular formula is C23H18FNO4. The number of esters is 1. The van der Waals surface area contributed by atoms with Gasteiger partial charge in [-0.05, 0) is 48.5 Å². The average Bonchev–Trinajstić information content (AvgIpc) is 2.74. The summed E-state index contributed by atoms with van der Waals surface area (Å²) in [7, 11) is 0. The number of nitrogens with one attached hydrogen (secondary N) is 1. The van der Waals surface area contributed by atoms with Crippen LogP contribution in [0.25, 0.3) is 6.08 Å². The van der Waals surface area contributed by atoms with Gasteiger partial charge < -0.3 is 14.8 Å². The normalized spacial score (nSPS) is 10.5. The molecule has 146 valence electrons. The zero-order valence-corrected chi connectivity index (χ0v) is 15.4. The molecule has 0 bridgehead atoms. The molecule has 1 N–H and O–H groups in total. The Bertz CT molecular complexity index is 1000. The van der Waals surface area contributed by atoms with Crippen LogP contribution in [0.5, 0.6) is 11.5 Å². The first-order chi connectivity index (χ1) is 14.1. The highest BCUT2D eigenvalue weighted by Gasteiger charge is 2.07. The van der Waals surface area contributed by atoms with E-state index >= 15 is 0 Å². The zero-order chi connectivity index (χ0) is 20.5. The van der Waals surface area contributed by atoms with Crippen molar-refractivity contribution in [2.75, 3.05) is 11.9 Å². The number of carbonyl (C=O) groups excluding carboxylic acids is 2. The van der Waals surface area contributed by atoms with E-state index in [-0.39, 0.29) is 5.56 Å². The highest BCUT2D eigenvalue weighted by molar-refractivity contribution is 5.94. The molecule has 0 saturated heterocycles. The zero-order valence-electron chi connectivity index (χ0n) is 15.4. The predicted molar refractivity (Wildman–Crippen MR) is 108 cm³/mol. The van der Waals surface area contributed by atoms with E-state index in [9.17, 15) is 14.0 Å². The molecule has 5 nitrogen and oxygen atoms in total. The number of para-hydroxylation sites is 1. The number of hydrogen-bond acceptors (Lipinski definition) is 4. The third kappa shape index (κ3) is 6.32. The Morgan fingerprint density at radius 2 is 1.52 bits per heavy atom. The fourth-order valence-electron chi connectivity index (χ4n) is 2.38. The molecule has 0 radical (unpaired) electrons. The quantitative estimate of drug-likeness (QED) is 0.464. The first kappa shape index (κ1) is 19.8. The predicted octanol–water partition coefficient (Wildman–Crippen LogP) is 4.81. The van der Waals surface area contributed by atoms with E-state index in [0.717, 1.165) is 6.08 Å². The smallest absolute Gasteiger partial charge is 0.331 e. The van der Waals surface area contributed by atoms with E-state index in [1.807, 2.05) is 30.3 Å². The van der Waals surface area contributed by atoms with Crippen molar-refractivity contribution in [3.63, 3.8) is 0 Å². The molecule has 0 aromatic heterocycles. The van der Waals surface area contributed by atoms with E-state index < -0.39 is 24.3 Å². The summed E-state index contributed by atoms with van der Waals surface area (Å²) in [5.41, 5.74) is 0.792. The Balaban J connectivity index is 1.45. The van der Waals surface area contributed by atoms with Gasteiger partial charge in [0.05, 0.1) is 0 Å². The maximum absolute atomic E-state index is 13.5. The second-order valence-corrected chi connectivity index (χ2v) is 5.95. The number of anilines is 1. The van der Waals surface area contributed by atoms with Crippen molar-refractivity contribution in [3.8, 4) is 11.5 Å². The average molecular weight is 391 g/mol. The summed E-state index contributed by atoms with van der Waals surface area (Å²) in [5, 5.41) is 2.62. The largest absolute Gasteiger partial charge is 0.457 e. The van der Waals surface area contributed by atoms with Crippen LogP contribution in [0.15, 0.2) is 84.9 Å². The molecular weight excluding hydrogens is 373 g/mol. The summed E-state index contributed by atoms with van der Waals surface area (Å²) >= 11 is 0. The van der Waals surface area contributed by atoms with E-state index in [1.54, 1.807) is 36.4 Å². The molecule has 0 atom stereocenters. The molecule has 29 heavy (non-hydrogen) atoms. The van der Waals surface area contributed by atoms with Crippen LogP contribution < -0.4 is 10.1 Å². The molecule has 0 spiro atoms. The lowest BCUT2D eigenvalue weighted by Gasteiger charge is -2.08. The van der Waals surface area contributed by atoms with Crippen molar-refractivity contribution in [2.24, 2.45) is 0 Å². The fourth-order valence-corrected chi connectivity index (χ4v) is 2.38. The van der Waals surface area contributed by atoms with Gasteiger partial charge in [0.15, 0.2) is 6.61 Å². The van der Waals surface area contributed by atoms with Crippen molar-refractivity contribution >= 4 is 23.6 Å². The lowest BCUT2D eigenvalue weighted by Crippen LogP contribution is -2.20. The number of hydrogen-bond donors (Lipinski definition) is 1. The molecule has 3 aromatic carbocycles.